The Balaban J connectivity index is 0.000000151. The maximum atomic E-state index is 8.74. The van der Waals surface area contributed by atoms with E-state index in [1.807, 2.05) is 117 Å². The van der Waals surface area contributed by atoms with E-state index in [1.54, 1.807) is 4.98 Å². The first-order valence-corrected chi connectivity index (χ1v) is 54.7. The van der Waals surface area contributed by atoms with Crippen LogP contribution in [0.3, 0.4) is 0 Å². The molecular weight excluding hydrogens is 1870 g/mol. The summed E-state index contributed by atoms with van der Waals surface area (Å²) in [6, 6.07) is 0. The number of pyridine rings is 6. The first-order valence-electron chi connectivity index (χ1n) is 53.6. The molecule has 0 aliphatic carbocycles. The molecule has 0 fully saturated rings. The minimum atomic E-state index is 0. The highest BCUT2D eigenvalue weighted by Gasteiger charge is 2.27. The fourth-order valence-electron chi connectivity index (χ4n) is 21.5. The number of rotatable bonds is 0. The second-order valence-corrected chi connectivity index (χ2v) is 46.6. The van der Waals surface area contributed by atoms with Crippen LogP contribution in [-0.4, -0.2) is 44.8 Å². The van der Waals surface area contributed by atoms with Crippen LogP contribution in [0.5, 0.6) is 0 Å². The van der Waals surface area contributed by atoms with E-state index in [2.05, 4.69) is 321 Å². The Morgan fingerprint density at radius 2 is 0.453 bits per heavy atom. The molecule has 0 saturated heterocycles. The first kappa shape index (κ1) is 110. The maximum Gasteiger partial charge on any atom is 0.167 e. The van der Waals surface area contributed by atoms with Crippen molar-refractivity contribution < 1.29 is 17.5 Å². The van der Waals surface area contributed by atoms with Gasteiger partial charge in [0, 0.05) is 157 Å². The van der Waals surface area contributed by atoms with Crippen LogP contribution in [0.1, 0.15) is 308 Å². The van der Waals surface area contributed by atoms with Crippen LogP contribution in [0.2, 0.25) is 4.24 Å². The number of aromatic amines is 3. The molecule has 0 spiro atoms. The lowest BCUT2D eigenvalue weighted by molar-refractivity contribution is 0.572. The lowest BCUT2D eigenvalue weighted by Gasteiger charge is -2.13. The number of aryl methyl sites for hydroxylation is 37. The van der Waals surface area contributed by atoms with Gasteiger partial charge in [-0.15, -0.1) is 34.0 Å². The fourth-order valence-corrected chi connectivity index (χ4v) is 25.4. The largest absolute Gasteiger partial charge is 0.461 e. The quantitative estimate of drug-likeness (QED) is 0.134. The lowest BCUT2D eigenvalue weighted by Crippen LogP contribution is -1.94. The SMILES string of the molecule is C.Cc1c(C)c(C)c2c(oc3c(C)c(C)c(C)c(C)c32)c1C.Cc1c(C)c(C)c2c(sc3c(C)c(C)c(C)c(C)c32)c1C.Cc1nc(C)c2c(C)c(C)oc2c1C.Cc1nc(C)c2c(C)c(C)sc2c1C.Cc1nc2c(C)c(C)oc2c(C)c1C.Cc1nc2c(C)c(C)sc2c(C)c1C.[2H]n1c(C)c(C)c2c(C)nc(C)c(C)c21.[2H]n1c(C)c(C)c2nc(C)c(C)c(C)c21.[2H]n1c2c(C)c(C)c(C)c(C)c2c2c(C)c(C)c(C)c(C)c21. The smallest absolute Gasteiger partial charge is 0.167 e. The number of benzene rings is 6. The Morgan fingerprint density at radius 1 is 0.162 bits per heavy atom. The third-order valence-corrected chi connectivity index (χ3v) is 39.5. The zero-order valence-corrected chi connectivity index (χ0v) is 102. The normalized spacial score (nSPS) is 11.7. The van der Waals surface area contributed by atoms with Gasteiger partial charge in [-0.05, 0) is 580 Å². The number of nitrogens with one attached hydrogen (secondary N) is 3. The molecule has 0 aliphatic heterocycles. The molecule has 15 heterocycles. The monoisotopic (exact) mass is 2040 g/mol. The van der Waals surface area contributed by atoms with Crippen molar-refractivity contribution >= 4 is 162 Å². The molecule has 782 valence electrons. The molecule has 0 atom stereocenters. The van der Waals surface area contributed by atoms with E-state index in [0.717, 1.165) is 152 Å². The van der Waals surface area contributed by atoms with Crippen LogP contribution in [0.25, 0.3) is 128 Å². The topological polar surface area (TPSA) is 164 Å². The predicted molar refractivity (Wildman–Crippen MR) is 651 cm³/mol. The van der Waals surface area contributed by atoms with Gasteiger partial charge in [-0.1, -0.05) is 7.43 Å². The molecule has 12 nitrogen and oxygen atoms in total. The lowest BCUT2D eigenvalue weighted by atomic mass is 9.90. The van der Waals surface area contributed by atoms with Crippen molar-refractivity contribution in [2.24, 2.45) is 0 Å². The highest BCUT2D eigenvalue weighted by molar-refractivity contribution is 7.26. The van der Waals surface area contributed by atoms with Gasteiger partial charge >= 0.3 is 0 Å². The Hall–Kier alpha value is -11.9. The van der Waals surface area contributed by atoms with Crippen molar-refractivity contribution in [1.29, 1.82) is 0 Å². The molecular formula is C133H169N9O3S3. The molecule has 0 amide bonds. The van der Waals surface area contributed by atoms with Gasteiger partial charge in [0.2, 0.25) is 0 Å². The highest BCUT2D eigenvalue weighted by atomic mass is 32.1. The summed E-state index contributed by atoms with van der Waals surface area (Å²) in [6.07, 6.45) is 0. The molecule has 3 N–H and O–H groups in total. The zero-order chi connectivity index (χ0) is 112. The van der Waals surface area contributed by atoms with Gasteiger partial charge in [-0.2, -0.15) is 0 Å². The molecule has 21 aromatic rings. The van der Waals surface area contributed by atoms with Crippen LogP contribution in [0, 0.1) is 374 Å². The number of H-pyrrole nitrogens is 3. The van der Waals surface area contributed by atoms with E-state index < -0.39 is 0 Å². The van der Waals surface area contributed by atoms with Gasteiger partial charge in [0.15, 0.2) is 9.82 Å². The van der Waals surface area contributed by atoms with E-state index in [1.165, 1.54) is 288 Å². The Labute approximate surface area is 900 Å². The van der Waals surface area contributed by atoms with E-state index >= 15 is 0 Å². The number of fused-ring (bicyclic) bond motifs is 15. The second kappa shape index (κ2) is 43.2. The summed E-state index contributed by atoms with van der Waals surface area (Å²) in [6.45, 7) is 116. The van der Waals surface area contributed by atoms with Gasteiger partial charge in [0.25, 0.3) is 0 Å². The van der Waals surface area contributed by atoms with Gasteiger partial charge in [-0.3, -0.25) is 24.9 Å². The number of hydrogen-bond acceptors (Lipinski definition) is 12. The van der Waals surface area contributed by atoms with Gasteiger partial charge in [0.1, 0.15) is 33.8 Å². The van der Waals surface area contributed by atoms with Crippen molar-refractivity contribution in [2.75, 3.05) is 0 Å². The second-order valence-electron chi connectivity index (χ2n) is 43.1. The number of nitrogens with zero attached hydrogens (tertiary/aromatic N) is 6. The molecule has 0 saturated carbocycles. The molecule has 15 heteroatoms. The molecule has 0 aliphatic rings. The van der Waals surface area contributed by atoms with E-state index in [-0.39, 0.29) is 7.43 Å². The molecule has 0 bridgehead atoms. The summed E-state index contributed by atoms with van der Waals surface area (Å²) < 4.78 is 48.3. The Bertz CT molecular complexity index is 8660. The van der Waals surface area contributed by atoms with Crippen molar-refractivity contribution in [3.63, 3.8) is 0 Å². The van der Waals surface area contributed by atoms with Gasteiger partial charge < -0.3 is 28.2 Å². The molecule has 15 aromatic heterocycles. The molecule has 6 aromatic carbocycles. The standard InChI is InChI=1S/C20H25N.C20H24O.C20H24S.2C12H16N2.2C12H15NO.2C12H15NS.CH4/c3*1-9-11(3)15(7)19-17(13(9)5)18-14(6)10(2)12(4)16(8)20(18)21-19;1-6-8(3)14-12-7(2)9(4)13-10(5)11(6)12;1-6-7(2)11-12(13-9(6)4)8(3)10(5)14-11;1-6-8(3)13-9(4)11-7(2)10(5)14-12(6)11;1-6-7(2)12-11(13-9(6)4)8(3)10(5)14-12;1-6-8(3)13-9(4)11-7(2)10(5)14-12(6)11;1-6-7(2)12-11(13-9(6)4)8(3)10(5)14-12;/h21H,1-8H3;2*1-8H3;2*14H,1-5H3;4*1-5H3;1H4/i/hD3. The van der Waals surface area contributed by atoms with Crippen LogP contribution >= 0.6 is 34.0 Å². The summed E-state index contributed by atoms with van der Waals surface area (Å²) in [7, 11) is 0. The van der Waals surface area contributed by atoms with E-state index in [4.69, 9.17) is 17.5 Å². The number of thiophene rings is 3. The van der Waals surface area contributed by atoms with Crippen LogP contribution in [0.15, 0.2) is 13.3 Å². The summed E-state index contributed by atoms with van der Waals surface area (Å²) in [5.41, 5.74) is 74.6. The molecule has 0 unspecified atom stereocenters. The zero-order valence-electron chi connectivity index (χ0n) is 102. The van der Waals surface area contributed by atoms with Crippen molar-refractivity contribution in [2.45, 2.75) is 381 Å². The van der Waals surface area contributed by atoms with Crippen LogP contribution in [0.4, 0.5) is 0 Å². The predicted octanol–water partition coefficient (Wildman–Crippen LogP) is 39.6. The average Bonchev–Trinajstić information content (AvgIpc) is 2.46. The van der Waals surface area contributed by atoms with Gasteiger partial charge in [-0.25, -0.2) is 4.98 Å². The molecule has 0 radical (unpaired) electrons. The number of hydrogen-bond donors (Lipinski definition) is 3. The van der Waals surface area contributed by atoms with Crippen LogP contribution in [-0.2, 0) is 0 Å². The third kappa shape index (κ3) is 19.6. The van der Waals surface area contributed by atoms with Crippen molar-refractivity contribution in [3.8, 4) is 0 Å². The Kier molecular flexibility index (Phi) is 32.2. The van der Waals surface area contributed by atoms with E-state index in [9.17, 15) is 0 Å². The number of aromatic nitrogens is 9. The average molecular weight is 2040 g/mol. The minimum absolute atomic E-state index is 0. The molecule has 21 rings (SSSR count). The number of furan rings is 3. The van der Waals surface area contributed by atoms with Crippen molar-refractivity contribution in [3.05, 3.63) is 301 Å². The van der Waals surface area contributed by atoms with Crippen molar-refractivity contribution in [1.82, 2.24) is 44.8 Å². The fraction of sp³-hybridized carbons (Fsp3) is 0.414. The summed E-state index contributed by atoms with van der Waals surface area (Å²) in [4.78, 5) is 34.9. The van der Waals surface area contributed by atoms with Crippen LogP contribution < -0.4 is 0 Å². The van der Waals surface area contributed by atoms with Gasteiger partial charge in [0.05, 0.1) is 26.8 Å². The Morgan fingerprint density at radius 3 is 0.919 bits per heavy atom. The minimum Gasteiger partial charge on any atom is -0.461 e. The summed E-state index contributed by atoms with van der Waals surface area (Å²) >= 11 is 5.75. The maximum absolute atomic E-state index is 8.74. The first-order chi connectivity index (χ1) is 69.7. The highest BCUT2D eigenvalue weighted by Crippen LogP contribution is 2.48. The summed E-state index contributed by atoms with van der Waals surface area (Å²) in [5.74, 6) is 1.97. The summed E-state index contributed by atoms with van der Waals surface area (Å²) in [5, 5.41) is 11.9. The third-order valence-electron chi connectivity index (χ3n) is 35.5. The van der Waals surface area contributed by atoms with E-state index in [0.29, 0.717) is 0 Å². The molecule has 148 heavy (non-hydrogen) atoms.